The van der Waals surface area contributed by atoms with Crippen LogP contribution in [-0.4, -0.2) is 53.2 Å². The van der Waals surface area contributed by atoms with E-state index in [0.717, 1.165) is 56.4 Å². The molecule has 2 aromatic rings. The maximum absolute atomic E-state index is 13.3. The predicted octanol–water partition coefficient (Wildman–Crippen LogP) is 2.89. The monoisotopic (exact) mass is 381 g/mol. The van der Waals surface area contributed by atoms with Gasteiger partial charge < -0.3 is 14.4 Å². The first-order valence-corrected chi connectivity index (χ1v) is 10.4. The van der Waals surface area contributed by atoms with Gasteiger partial charge in [0.2, 0.25) is 0 Å². The molecule has 2 saturated heterocycles. The number of aryl methyl sites for hydroxylation is 1. The maximum Gasteiger partial charge on any atom is 0.274 e. The summed E-state index contributed by atoms with van der Waals surface area (Å²) in [6.45, 7) is 4.95. The van der Waals surface area contributed by atoms with Crippen molar-refractivity contribution < 1.29 is 14.3 Å². The summed E-state index contributed by atoms with van der Waals surface area (Å²) in [5.41, 5.74) is 5.27. The average Bonchev–Trinajstić information content (AvgIpc) is 3.46. The number of fused-ring (bicyclic) bond motifs is 1. The minimum atomic E-state index is -0.0813. The first kappa shape index (κ1) is 17.9. The SMILES string of the molecule is Cc1ccc(-n2nc(C(=O)N3CCC(C4OCCO4)CC3)c3c2CCC3)cc1. The summed E-state index contributed by atoms with van der Waals surface area (Å²) in [5.74, 6) is 0.470. The van der Waals surface area contributed by atoms with Crippen LogP contribution in [0.15, 0.2) is 24.3 Å². The number of ether oxygens (including phenoxy) is 2. The summed E-state index contributed by atoms with van der Waals surface area (Å²) >= 11 is 0. The molecule has 6 heteroatoms. The van der Waals surface area contributed by atoms with Crippen LogP contribution in [0, 0.1) is 12.8 Å². The van der Waals surface area contributed by atoms with Crippen molar-refractivity contribution in [2.24, 2.45) is 5.92 Å². The van der Waals surface area contributed by atoms with E-state index in [1.54, 1.807) is 0 Å². The van der Waals surface area contributed by atoms with Gasteiger partial charge in [-0.3, -0.25) is 4.79 Å². The first-order chi connectivity index (χ1) is 13.7. The van der Waals surface area contributed by atoms with Crippen LogP contribution in [-0.2, 0) is 22.3 Å². The van der Waals surface area contributed by atoms with Crippen LogP contribution in [0.25, 0.3) is 5.69 Å². The molecule has 1 aromatic carbocycles. The smallest absolute Gasteiger partial charge is 0.274 e. The molecule has 28 heavy (non-hydrogen) atoms. The van der Waals surface area contributed by atoms with Gasteiger partial charge in [0.15, 0.2) is 12.0 Å². The van der Waals surface area contributed by atoms with E-state index in [1.807, 2.05) is 9.58 Å². The number of hydrogen-bond donors (Lipinski definition) is 0. The third kappa shape index (κ3) is 3.14. The van der Waals surface area contributed by atoms with Crippen LogP contribution in [0.1, 0.15) is 46.6 Å². The Morgan fingerprint density at radius 3 is 2.50 bits per heavy atom. The molecule has 1 amide bonds. The number of likely N-dealkylation sites (tertiary alicyclic amines) is 1. The molecule has 0 atom stereocenters. The molecule has 0 unspecified atom stereocenters. The van der Waals surface area contributed by atoms with Gasteiger partial charge in [0.1, 0.15) is 0 Å². The van der Waals surface area contributed by atoms with Gasteiger partial charge in [0, 0.05) is 30.3 Å². The van der Waals surface area contributed by atoms with Gasteiger partial charge in [0.05, 0.1) is 18.9 Å². The number of benzene rings is 1. The fraction of sp³-hybridized carbons (Fsp3) is 0.545. The third-order valence-corrected chi connectivity index (χ3v) is 6.27. The lowest BCUT2D eigenvalue weighted by Gasteiger charge is -2.33. The van der Waals surface area contributed by atoms with Crippen LogP contribution < -0.4 is 0 Å². The van der Waals surface area contributed by atoms with Crippen molar-refractivity contribution in [2.45, 2.75) is 45.3 Å². The number of nitrogens with zero attached hydrogens (tertiary/aromatic N) is 3. The second-order valence-corrected chi connectivity index (χ2v) is 8.11. The van der Waals surface area contributed by atoms with Crippen molar-refractivity contribution in [3.05, 3.63) is 46.8 Å². The number of aromatic nitrogens is 2. The summed E-state index contributed by atoms with van der Waals surface area (Å²) in [6, 6.07) is 8.36. The Labute approximate surface area is 165 Å². The Balaban J connectivity index is 1.35. The van der Waals surface area contributed by atoms with Gasteiger partial charge in [0.25, 0.3) is 5.91 Å². The van der Waals surface area contributed by atoms with Crippen LogP contribution >= 0.6 is 0 Å². The Morgan fingerprint density at radius 2 is 1.79 bits per heavy atom. The standard InChI is InChI=1S/C22H27N3O3/c1-15-5-7-17(8-6-15)25-19-4-2-3-18(19)20(23-25)21(26)24-11-9-16(10-12-24)22-27-13-14-28-22/h5-8,16,22H,2-4,9-14H2,1H3. The zero-order valence-electron chi connectivity index (χ0n) is 16.4. The van der Waals surface area contributed by atoms with E-state index in [0.29, 0.717) is 24.8 Å². The summed E-state index contributed by atoms with van der Waals surface area (Å²) < 4.78 is 13.3. The van der Waals surface area contributed by atoms with Crippen molar-refractivity contribution in [2.75, 3.05) is 26.3 Å². The van der Waals surface area contributed by atoms with Crippen LogP contribution in [0.5, 0.6) is 0 Å². The van der Waals surface area contributed by atoms with Crippen LogP contribution in [0.3, 0.4) is 0 Å². The van der Waals surface area contributed by atoms with Gasteiger partial charge in [-0.2, -0.15) is 5.10 Å². The highest BCUT2D eigenvalue weighted by atomic mass is 16.7. The topological polar surface area (TPSA) is 56.6 Å². The Hall–Kier alpha value is -2.18. The molecule has 3 heterocycles. The fourth-order valence-electron chi connectivity index (χ4n) is 4.68. The van der Waals surface area contributed by atoms with E-state index in [-0.39, 0.29) is 12.2 Å². The number of rotatable bonds is 3. The quantitative estimate of drug-likeness (QED) is 0.820. The van der Waals surface area contributed by atoms with Gasteiger partial charge in [-0.25, -0.2) is 4.68 Å². The zero-order valence-corrected chi connectivity index (χ0v) is 16.4. The largest absolute Gasteiger partial charge is 0.350 e. The molecule has 1 aromatic heterocycles. The second-order valence-electron chi connectivity index (χ2n) is 8.11. The van der Waals surface area contributed by atoms with Crippen molar-refractivity contribution in [3.8, 4) is 5.69 Å². The lowest BCUT2D eigenvalue weighted by Crippen LogP contribution is -2.41. The Bertz CT molecular complexity index is 860. The maximum atomic E-state index is 13.3. The number of hydrogen-bond acceptors (Lipinski definition) is 4. The molecule has 3 aliphatic rings. The molecule has 0 N–H and O–H groups in total. The fourth-order valence-corrected chi connectivity index (χ4v) is 4.68. The Kier molecular flexibility index (Phi) is 4.69. The number of piperidine rings is 1. The van der Waals surface area contributed by atoms with Crippen LogP contribution in [0.4, 0.5) is 0 Å². The summed E-state index contributed by atoms with van der Waals surface area (Å²) in [4.78, 5) is 15.2. The van der Waals surface area contributed by atoms with Crippen molar-refractivity contribution >= 4 is 5.91 Å². The predicted molar refractivity (Wildman–Crippen MR) is 105 cm³/mol. The van der Waals surface area contributed by atoms with Gasteiger partial charge in [-0.15, -0.1) is 0 Å². The highest BCUT2D eigenvalue weighted by Crippen LogP contribution is 2.31. The molecule has 5 rings (SSSR count). The first-order valence-electron chi connectivity index (χ1n) is 10.4. The van der Waals surface area contributed by atoms with Crippen molar-refractivity contribution in [1.82, 2.24) is 14.7 Å². The Morgan fingerprint density at radius 1 is 1.07 bits per heavy atom. The van der Waals surface area contributed by atoms with Gasteiger partial charge >= 0.3 is 0 Å². The van der Waals surface area contributed by atoms with E-state index in [2.05, 4.69) is 31.2 Å². The number of carbonyl (C=O) groups is 1. The molecular formula is C22H27N3O3. The van der Waals surface area contributed by atoms with E-state index in [1.165, 1.54) is 11.3 Å². The lowest BCUT2D eigenvalue weighted by molar-refractivity contribution is -0.0956. The number of amides is 1. The normalized spacial score (nSPS) is 20.7. The van der Waals surface area contributed by atoms with E-state index in [9.17, 15) is 4.79 Å². The minimum absolute atomic E-state index is 0.0794. The third-order valence-electron chi connectivity index (χ3n) is 6.27. The van der Waals surface area contributed by atoms with Gasteiger partial charge in [-0.05, 0) is 51.2 Å². The van der Waals surface area contributed by atoms with Gasteiger partial charge in [-0.1, -0.05) is 17.7 Å². The molecule has 0 saturated carbocycles. The molecule has 2 fully saturated rings. The van der Waals surface area contributed by atoms with E-state index in [4.69, 9.17) is 14.6 Å². The molecule has 148 valence electrons. The van der Waals surface area contributed by atoms with Crippen molar-refractivity contribution in [1.29, 1.82) is 0 Å². The summed E-state index contributed by atoms with van der Waals surface area (Å²) in [7, 11) is 0. The molecule has 0 radical (unpaired) electrons. The molecule has 1 aliphatic carbocycles. The molecule has 6 nitrogen and oxygen atoms in total. The zero-order chi connectivity index (χ0) is 19.1. The molecule has 0 bridgehead atoms. The average molecular weight is 381 g/mol. The number of carbonyl (C=O) groups excluding carboxylic acids is 1. The van der Waals surface area contributed by atoms with Crippen molar-refractivity contribution in [3.63, 3.8) is 0 Å². The van der Waals surface area contributed by atoms with E-state index >= 15 is 0 Å². The highest BCUT2D eigenvalue weighted by Gasteiger charge is 2.34. The lowest BCUT2D eigenvalue weighted by atomic mass is 9.96. The minimum Gasteiger partial charge on any atom is -0.350 e. The summed E-state index contributed by atoms with van der Waals surface area (Å²) in [6.07, 6.45) is 4.80. The van der Waals surface area contributed by atoms with E-state index < -0.39 is 0 Å². The molecule has 0 spiro atoms. The van der Waals surface area contributed by atoms with Crippen LogP contribution in [0.2, 0.25) is 0 Å². The highest BCUT2D eigenvalue weighted by molar-refractivity contribution is 5.94. The molecular weight excluding hydrogens is 354 g/mol. The second kappa shape index (κ2) is 7.33. The molecule has 2 aliphatic heterocycles. The summed E-state index contributed by atoms with van der Waals surface area (Å²) in [5, 5.41) is 4.78.